The lowest BCUT2D eigenvalue weighted by Gasteiger charge is -2.21. The highest BCUT2D eigenvalue weighted by Gasteiger charge is 2.15. The van der Waals surface area contributed by atoms with Gasteiger partial charge >= 0.3 is 0 Å². The predicted molar refractivity (Wildman–Crippen MR) is 78.5 cm³/mol. The molecule has 0 unspecified atom stereocenters. The standard InChI is InChI=1S/C14H23NO4S/c1-14(2,3)19-12-6-8-13(9-7-12)20(16,17)15-10-5-11-18-4/h6-9,15H,5,10-11H2,1-4H3. The SMILES string of the molecule is COCCCNS(=O)(=O)c1ccc(OC(C)(C)C)cc1. The van der Waals surface area contributed by atoms with Gasteiger partial charge in [-0.05, 0) is 51.5 Å². The average Bonchev–Trinajstić information content (AvgIpc) is 2.33. The maximum absolute atomic E-state index is 12.0. The third-order valence-electron chi connectivity index (χ3n) is 2.38. The van der Waals surface area contributed by atoms with Crippen LogP contribution in [-0.4, -0.2) is 34.3 Å². The minimum atomic E-state index is -3.46. The summed E-state index contributed by atoms with van der Waals surface area (Å²) in [5, 5.41) is 0. The Balaban J connectivity index is 2.67. The summed E-state index contributed by atoms with van der Waals surface area (Å²) >= 11 is 0. The van der Waals surface area contributed by atoms with Crippen LogP contribution in [0, 0.1) is 0 Å². The predicted octanol–water partition coefficient (Wildman–Crippen LogP) is 2.18. The van der Waals surface area contributed by atoms with Crippen molar-refractivity contribution < 1.29 is 17.9 Å². The number of benzene rings is 1. The number of sulfonamides is 1. The van der Waals surface area contributed by atoms with E-state index in [1.807, 2.05) is 20.8 Å². The molecular formula is C14H23NO4S. The maximum atomic E-state index is 12.0. The van der Waals surface area contributed by atoms with Crippen LogP contribution in [0.1, 0.15) is 27.2 Å². The fraction of sp³-hybridized carbons (Fsp3) is 0.571. The maximum Gasteiger partial charge on any atom is 0.240 e. The first kappa shape index (κ1) is 16.9. The van der Waals surface area contributed by atoms with Crippen molar-refractivity contribution in [1.82, 2.24) is 4.72 Å². The monoisotopic (exact) mass is 301 g/mol. The van der Waals surface area contributed by atoms with Gasteiger partial charge in [0, 0.05) is 20.3 Å². The highest BCUT2D eigenvalue weighted by Crippen LogP contribution is 2.20. The summed E-state index contributed by atoms with van der Waals surface area (Å²) in [4.78, 5) is 0.233. The average molecular weight is 301 g/mol. The number of nitrogens with one attached hydrogen (secondary N) is 1. The fourth-order valence-corrected chi connectivity index (χ4v) is 2.62. The first-order valence-corrected chi connectivity index (χ1v) is 8.00. The molecule has 0 saturated carbocycles. The Hall–Kier alpha value is -1.11. The summed E-state index contributed by atoms with van der Waals surface area (Å²) in [5.41, 5.74) is -0.307. The largest absolute Gasteiger partial charge is 0.488 e. The number of hydrogen-bond donors (Lipinski definition) is 1. The molecule has 1 N–H and O–H groups in total. The molecule has 1 aromatic rings. The van der Waals surface area contributed by atoms with E-state index in [0.717, 1.165) is 0 Å². The Labute approximate surface area is 121 Å². The fourth-order valence-electron chi connectivity index (χ4n) is 1.55. The van der Waals surface area contributed by atoms with E-state index in [0.29, 0.717) is 25.3 Å². The first-order chi connectivity index (χ1) is 9.24. The van der Waals surface area contributed by atoms with Crippen molar-refractivity contribution in [3.05, 3.63) is 24.3 Å². The Morgan fingerprint density at radius 3 is 2.25 bits per heavy atom. The molecule has 0 aliphatic rings. The van der Waals surface area contributed by atoms with Gasteiger partial charge in [0.25, 0.3) is 0 Å². The van der Waals surface area contributed by atoms with E-state index in [1.165, 1.54) is 0 Å². The molecule has 6 heteroatoms. The van der Waals surface area contributed by atoms with Crippen LogP contribution in [0.5, 0.6) is 5.75 Å². The molecule has 0 spiro atoms. The Morgan fingerprint density at radius 1 is 1.15 bits per heavy atom. The van der Waals surface area contributed by atoms with E-state index in [1.54, 1.807) is 31.4 Å². The van der Waals surface area contributed by atoms with Crippen molar-refractivity contribution >= 4 is 10.0 Å². The highest BCUT2D eigenvalue weighted by molar-refractivity contribution is 7.89. The zero-order valence-corrected chi connectivity index (χ0v) is 13.3. The lowest BCUT2D eigenvalue weighted by molar-refractivity contribution is 0.131. The smallest absolute Gasteiger partial charge is 0.240 e. The van der Waals surface area contributed by atoms with E-state index in [4.69, 9.17) is 9.47 Å². The van der Waals surface area contributed by atoms with E-state index >= 15 is 0 Å². The van der Waals surface area contributed by atoms with Gasteiger partial charge in [-0.2, -0.15) is 0 Å². The van der Waals surface area contributed by atoms with E-state index in [9.17, 15) is 8.42 Å². The summed E-state index contributed by atoms with van der Waals surface area (Å²) in [6.07, 6.45) is 0.640. The number of rotatable bonds is 7. The van der Waals surface area contributed by atoms with Crippen molar-refractivity contribution in [2.75, 3.05) is 20.3 Å². The molecule has 0 aromatic heterocycles. The van der Waals surface area contributed by atoms with E-state index in [-0.39, 0.29) is 10.5 Å². The molecule has 0 amide bonds. The molecule has 0 atom stereocenters. The summed E-state index contributed by atoms with van der Waals surface area (Å²) in [6.45, 7) is 6.70. The van der Waals surface area contributed by atoms with Gasteiger partial charge in [0.05, 0.1) is 4.90 Å². The molecule has 0 bridgehead atoms. The molecule has 0 fully saturated rings. The van der Waals surface area contributed by atoms with Gasteiger partial charge in [0.2, 0.25) is 10.0 Å². The molecule has 1 aromatic carbocycles. The summed E-state index contributed by atoms with van der Waals surface area (Å²) in [5.74, 6) is 0.649. The second kappa shape index (κ2) is 7.06. The summed E-state index contributed by atoms with van der Waals surface area (Å²) in [7, 11) is -1.88. The van der Waals surface area contributed by atoms with Crippen molar-refractivity contribution in [2.45, 2.75) is 37.7 Å². The van der Waals surface area contributed by atoms with Gasteiger partial charge in [-0.25, -0.2) is 13.1 Å². The third kappa shape index (κ3) is 5.90. The van der Waals surface area contributed by atoms with Crippen LogP contribution in [0.2, 0.25) is 0 Å². The summed E-state index contributed by atoms with van der Waals surface area (Å²) < 4.78 is 37.1. The van der Waals surface area contributed by atoms with Gasteiger partial charge in [0.15, 0.2) is 0 Å². The van der Waals surface area contributed by atoms with Gasteiger partial charge in [-0.1, -0.05) is 0 Å². The third-order valence-corrected chi connectivity index (χ3v) is 3.85. The normalized spacial score (nSPS) is 12.4. The molecule has 0 aliphatic carbocycles. The molecular weight excluding hydrogens is 278 g/mol. The lowest BCUT2D eigenvalue weighted by Crippen LogP contribution is -2.25. The van der Waals surface area contributed by atoms with Crippen LogP contribution < -0.4 is 9.46 Å². The van der Waals surface area contributed by atoms with Gasteiger partial charge in [-0.3, -0.25) is 0 Å². The Bertz CT molecular complexity index is 503. The molecule has 0 radical (unpaired) electrons. The minimum Gasteiger partial charge on any atom is -0.488 e. The number of ether oxygens (including phenoxy) is 2. The van der Waals surface area contributed by atoms with Crippen molar-refractivity contribution in [3.63, 3.8) is 0 Å². The molecule has 0 aliphatic heterocycles. The topological polar surface area (TPSA) is 64.6 Å². The zero-order chi connectivity index (χ0) is 15.2. The quantitative estimate of drug-likeness (QED) is 0.784. The minimum absolute atomic E-state index is 0.233. The number of methoxy groups -OCH3 is 1. The van der Waals surface area contributed by atoms with Gasteiger partial charge < -0.3 is 9.47 Å². The first-order valence-electron chi connectivity index (χ1n) is 6.52. The second-order valence-corrected chi connectivity index (χ2v) is 7.20. The van der Waals surface area contributed by atoms with Crippen LogP contribution in [0.15, 0.2) is 29.2 Å². The van der Waals surface area contributed by atoms with Crippen LogP contribution in [-0.2, 0) is 14.8 Å². The Morgan fingerprint density at radius 2 is 1.75 bits per heavy atom. The molecule has 114 valence electrons. The molecule has 20 heavy (non-hydrogen) atoms. The van der Waals surface area contributed by atoms with E-state index in [2.05, 4.69) is 4.72 Å². The van der Waals surface area contributed by atoms with Crippen LogP contribution in [0.3, 0.4) is 0 Å². The summed E-state index contributed by atoms with van der Waals surface area (Å²) in [6, 6.07) is 6.41. The van der Waals surface area contributed by atoms with Gasteiger partial charge in [-0.15, -0.1) is 0 Å². The highest BCUT2D eigenvalue weighted by atomic mass is 32.2. The van der Waals surface area contributed by atoms with Crippen molar-refractivity contribution in [1.29, 1.82) is 0 Å². The molecule has 1 rings (SSSR count). The molecule has 0 saturated heterocycles. The van der Waals surface area contributed by atoms with Crippen molar-refractivity contribution in [3.8, 4) is 5.75 Å². The van der Waals surface area contributed by atoms with Crippen molar-refractivity contribution in [2.24, 2.45) is 0 Å². The molecule has 0 heterocycles. The van der Waals surface area contributed by atoms with Crippen LogP contribution in [0.4, 0.5) is 0 Å². The van der Waals surface area contributed by atoms with E-state index < -0.39 is 10.0 Å². The molecule has 5 nitrogen and oxygen atoms in total. The van der Waals surface area contributed by atoms with Crippen LogP contribution >= 0.6 is 0 Å². The van der Waals surface area contributed by atoms with Gasteiger partial charge in [0.1, 0.15) is 11.4 Å². The zero-order valence-electron chi connectivity index (χ0n) is 12.5. The van der Waals surface area contributed by atoms with Crippen LogP contribution in [0.25, 0.3) is 0 Å². The second-order valence-electron chi connectivity index (χ2n) is 5.43. The lowest BCUT2D eigenvalue weighted by atomic mass is 10.2. The number of hydrogen-bond acceptors (Lipinski definition) is 4. The Kier molecular flexibility index (Phi) is 5.98.